The minimum atomic E-state index is -4.44. The maximum atomic E-state index is 13.4. The van der Waals surface area contributed by atoms with E-state index < -0.39 is 11.7 Å². The number of anilines is 1. The maximum Gasteiger partial charge on any atom is 0.416 e. The lowest BCUT2D eigenvalue weighted by Gasteiger charge is -2.45. The van der Waals surface area contributed by atoms with Gasteiger partial charge in [-0.15, -0.1) is 0 Å². The molecule has 0 atom stereocenters. The van der Waals surface area contributed by atoms with E-state index in [1.54, 1.807) is 35.0 Å². The van der Waals surface area contributed by atoms with Crippen molar-refractivity contribution in [1.29, 1.82) is 0 Å². The van der Waals surface area contributed by atoms with Gasteiger partial charge >= 0.3 is 6.18 Å². The Morgan fingerprint density at radius 1 is 1.27 bits per heavy atom. The molecule has 1 aromatic carbocycles. The quantitative estimate of drug-likeness (QED) is 0.511. The second-order valence-corrected chi connectivity index (χ2v) is 9.86. The van der Waals surface area contributed by atoms with Crippen LogP contribution in [0.5, 0.6) is 0 Å². The first-order chi connectivity index (χ1) is 17.6. The van der Waals surface area contributed by atoms with E-state index in [-0.39, 0.29) is 36.0 Å². The predicted octanol–water partition coefficient (Wildman–Crippen LogP) is 3.43. The molecular weight excluding hydrogens is 483 g/mol. The molecule has 1 amide bonds. The van der Waals surface area contributed by atoms with Gasteiger partial charge in [-0.05, 0) is 49.2 Å². The minimum Gasteiger partial charge on any atom is -0.384 e. The average Bonchev–Trinajstić information content (AvgIpc) is 3.55. The summed E-state index contributed by atoms with van der Waals surface area (Å²) in [6.45, 7) is 3.17. The molecule has 1 spiro atoms. The number of hydrogen-bond acceptors (Lipinski definition) is 5. The molecule has 8 nitrogen and oxygen atoms in total. The Hall–Kier alpha value is -3.78. The third kappa shape index (κ3) is 4.57. The van der Waals surface area contributed by atoms with E-state index in [9.17, 15) is 18.0 Å². The summed E-state index contributed by atoms with van der Waals surface area (Å²) >= 11 is 0. The number of likely N-dealkylation sites (tertiary alicyclic amines) is 1. The zero-order chi connectivity index (χ0) is 26.4. The van der Waals surface area contributed by atoms with Crippen LogP contribution in [0.3, 0.4) is 0 Å². The highest BCUT2D eigenvalue weighted by Gasteiger charge is 2.50. The van der Waals surface area contributed by atoms with E-state index in [2.05, 4.69) is 16.9 Å². The van der Waals surface area contributed by atoms with Gasteiger partial charge in [-0.3, -0.25) is 9.48 Å². The van der Waals surface area contributed by atoms with Crippen LogP contribution in [0.2, 0.25) is 0 Å². The predicted molar refractivity (Wildman–Crippen MR) is 132 cm³/mol. The van der Waals surface area contributed by atoms with Crippen LogP contribution in [0.4, 0.5) is 19.0 Å². The Bertz CT molecular complexity index is 1390. The van der Waals surface area contributed by atoms with Gasteiger partial charge in [0.25, 0.3) is 5.91 Å². The highest BCUT2D eigenvalue weighted by molar-refractivity contribution is 5.93. The lowest BCUT2D eigenvalue weighted by molar-refractivity contribution is -0.138. The van der Waals surface area contributed by atoms with Crippen LogP contribution in [0.25, 0.3) is 11.3 Å². The van der Waals surface area contributed by atoms with Crippen LogP contribution in [0.1, 0.15) is 48.9 Å². The number of carbonyl (C=O) groups is 1. The molecule has 1 aliphatic carbocycles. The molecule has 3 aromatic rings. The van der Waals surface area contributed by atoms with Crippen LogP contribution < -0.4 is 11.5 Å². The maximum absolute atomic E-state index is 13.4. The summed E-state index contributed by atoms with van der Waals surface area (Å²) in [4.78, 5) is 14.0. The van der Waals surface area contributed by atoms with Crippen molar-refractivity contribution >= 4 is 11.7 Å². The first-order valence-corrected chi connectivity index (χ1v) is 12.1. The third-order valence-corrected chi connectivity index (χ3v) is 7.46. The Kier molecular flexibility index (Phi) is 6.23. The first-order valence-electron chi connectivity index (χ1n) is 12.1. The summed E-state index contributed by atoms with van der Waals surface area (Å²) in [6.07, 6.45) is 1.40. The molecule has 5 rings (SSSR count). The van der Waals surface area contributed by atoms with Crippen LogP contribution in [0, 0.1) is 17.3 Å². The standard InChI is InChI=1S/C26H28F3N7O/c1-2-5-22(37)34-9-8-25(16-34)10-19(11-25)36-24(31)20(12-30)23(33-36)18-13-32-35(15-18)14-17-6-3-4-7-21(17)26(27,28)29/h3-4,6-7,13,15,19H,8-12,14,16,30-31H2,1H3. The van der Waals surface area contributed by atoms with E-state index in [0.717, 1.165) is 25.3 Å². The second-order valence-electron chi connectivity index (χ2n) is 9.86. The van der Waals surface area contributed by atoms with Crippen LogP contribution in [0.15, 0.2) is 36.7 Å². The number of carbonyl (C=O) groups excluding carboxylic acids is 1. The summed E-state index contributed by atoms with van der Waals surface area (Å²) in [5, 5.41) is 9.04. The number of halogens is 3. The van der Waals surface area contributed by atoms with Crippen LogP contribution in [-0.4, -0.2) is 43.5 Å². The normalized spacial score (nSPS) is 21.1. The van der Waals surface area contributed by atoms with Crippen molar-refractivity contribution in [3.05, 3.63) is 53.3 Å². The molecule has 0 bridgehead atoms. The largest absolute Gasteiger partial charge is 0.416 e. The molecular formula is C26H28F3N7O. The summed E-state index contributed by atoms with van der Waals surface area (Å²) in [7, 11) is 0. The average molecular weight is 512 g/mol. The van der Waals surface area contributed by atoms with Crippen molar-refractivity contribution in [2.45, 2.75) is 51.5 Å². The lowest BCUT2D eigenvalue weighted by Crippen LogP contribution is -2.42. The Labute approximate surface area is 212 Å². The fourth-order valence-electron chi connectivity index (χ4n) is 5.62. The number of rotatable bonds is 5. The number of nitrogen functional groups attached to an aromatic ring is 1. The summed E-state index contributed by atoms with van der Waals surface area (Å²) in [5.74, 6) is 5.62. The number of aromatic nitrogens is 4. The third-order valence-electron chi connectivity index (χ3n) is 7.46. The van der Waals surface area contributed by atoms with Crippen molar-refractivity contribution in [2.75, 3.05) is 18.8 Å². The van der Waals surface area contributed by atoms with E-state index in [1.165, 1.54) is 16.8 Å². The number of nitrogens with two attached hydrogens (primary N) is 2. The molecule has 1 saturated heterocycles. The van der Waals surface area contributed by atoms with Crippen molar-refractivity contribution in [2.24, 2.45) is 11.1 Å². The lowest BCUT2D eigenvalue weighted by atomic mass is 9.65. The Balaban J connectivity index is 1.34. The number of hydrogen-bond donors (Lipinski definition) is 2. The molecule has 11 heteroatoms. The topological polar surface area (TPSA) is 108 Å². The van der Waals surface area contributed by atoms with E-state index in [0.29, 0.717) is 35.7 Å². The van der Waals surface area contributed by atoms with Gasteiger partial charge in [0.05, 0.1) is 24.3 Å². The molecule has 4 N–H and O–H groups in total. The van der Waals surface area contributed by atoms with Gasteiger partial charge in [-0.2, -0.15) is 23.4 Å². The summed E-state index contributed by atoms with van der Waals surface area (Å²) in [5.41, 5.74) is 13.9. The molecule has 1 saturated carbocycles. The van der Waals surface area contributed by atoms with Gasteiger partial charge in [0.1, 0.15) is 11.5 Å². The highest BCUT2D eigenvalue weighted by Crippen LogP contribution is 2.54. The second kappa shape index (κ2) is 9.27. The van der Waals surface area contributed by atoms with Gasteiger partial charge in [0.15, 0.2) is 0 Å². The smallest absolute Gasteiger partial charge is 0.384 e. The zero-order valence-electron chi connectivity index (χ0n) is 20.4. The molecule has 0 unspecified atom stereocenters. The SMILES string of the molecule is CC#CC(=O)N1CCC2(CC(n3nc(-c4cnn(Cc5ccccc5C(F)(F)F)c4)c(CN)c3N)C2)C1. The van der Waals surface area contributed by atoms with Gasteiger partial charge < -0.3 is 16.4 Å². The summed E-state index contributed by atoms with van der Waals surface area (Å²) in [6, 6.07) is 5.54. The number of nitrogens with zero attached hydrogens (tertiary/aromatic N) is 5. The number of benzene rings is 1. The molecule has 3 heterocycles. The molecule has 1 aliphatic heterocycles. The fraction of sp³-hybridized carbons (Fsp3) is 0.423. The van der Waals surface area contributed by atoms with Crippen molar-refractivity contribution in [3.8, 4) is 23.1 Å². The molecule has 2 fully saturated rings. The van der Waals surface area contributed by atoms with Crippen molar-refractivity contribution in [3.63, 3.8) is 0 Å². The monoisotopic (exact) mass is 511 g/mol. The minimum absolute atomic E-state index is 0.0351. The van der Waals surface area contributed by atoms with Gasteiger partial charge in [0.2, 0.25) is 0 Å². The van der Waals surface area contributed by atoms with Gasteiger partial charge in [-0.1, -0.05) is 24.1 Å². The van der Waals surface area contributed by atoms with Crippen LogP contribution >= 0.6 is 0 Å². The molecule has 2 aromatic heterocycles. The van der Waals surface area contributed by atoms with E-state index >= 15 is 0 Å². The molecule has 194 valence electrons. The zero-order valence-corrected chi connectivity index (χ0v) is 20.4. The number of amides is 1. The Morgan fingerprint density at radius 2 is 2.03 bits per heavy atom. The molecule has 0 radical (unpaired) electrons. The molecule has 2 aliphatic rings. The molecule has 37 heavy (non-hydrogen) atoms. The van der Waals surface area contributed by atoms with Gasteiger partial charge in [-0.25, -0.2) is 4.68 Å². The number of alkyl halides is 3. The van der Waals surface area contributed by atoms with Gasteiger partial charge in [0, 0.05) is 37.0 Å². The van der Waals surface area contributed by atoms with Crippen molar-refractivity contribution < 1.29 is 18.0 Å². The van der Waals surface area contributed by atoms with Crippen molar-refractivity contribution in [1.82, 2.24) is 24.5 Å². The summed E-state index contributed by atoms with van der Waals surface area (Å²) < 4.78 is 43.4. The van der Waals surface area contributed by atoms with E-state index in [1.807, 2.05) is 0 Å². The highest BCUT2D eigenvalue weighted by atomic mass is 19.4. The van der Waals surface area contributed by atoms with E-state index in [4.69, 9.17) is 16.6 Å². The van der Waals surface area contributed by atoms with Crippen LogP contribution in [-0.2, 0) is 24.1 Å². The first kappa shape index (κ1) is 24.9. The fourth-order valence-corrected chi connectivity index (χ4v) is 5.62. The Morgan fingerprint density at radius 3 is 2.73 bits per heavy atom.